The minimum atomic E-state index is -1.28. The maximum absolute atomic E-state index is 11.1. The van der Waals surface area contributed by atoms with Crippen molar-refractivity contribution in [2.24, 2.45) is 0 Å². The van der Waals surface area contributed by atoms with Gasteiger partial charge in [-0.1, -0.05) is 0 Å². The zero-order valence-corrected chi connectivity index (χ0v) is 9.07. The lowest BCUT2D eigenvalue weighted by Gasteiger charge is -2.42. The first-order valence-corrected chi connectivity index (χ1v) is 4.45. The molecular formula is C9H18NO4+. The van der Waals surface area contributed by atoms with Crippen LogP contribution in [0.5, 0.6) is 0 Å². The molecule has 0 aliphatic heterocycles. The smallest absolute Gasteiger partial charge is 0.366 e. The van der Waals surface area contributed by atoms with E-state index in [2.05, 4.69) is 0 Å². The van der Waals surface area contributed by atoms with Crippen LogP contribution in [0.2, 0.25) is 0 Å². The molecule has 0 saturated heterocycles. The minimum absolute atomic E-state index is 0.147. The largest absolute Gasteiger partial charge is 0.481 e. The van der Waals surface area contributed by atoms with Gasteiger partial charge >= 0.3 is 11.9 Å². The third-order valence-corrected chi connectivity index (χ3v) is 3.08. The highest BCUT2D eigenvalue weighted by Gasteiger charge is 2.49. The molecule has 82 valence electrons. The molecule has 0 bridgehead atoms. The summed E-state index contributed by atoms with van der Waals surface area (Å²) in [6, 6.07) is 0. The number of likely N-dealkylation sites (N-methyl/N-ethyl adjacent to an activating group) is 1. The van der Waals surface area contributed by atoms with Crippen LogP contribution in [0, 0.1) is 0 Å². The Morgan fingerprint density at radius 1 is 1.29 bits per heavy atom. The zero-order chi connectivity index (χ0) is 11.6. The normalized spacial score (nSPS) is 16.0. The molecule has 0 aromatic carbocycles. The van der Waals surface area contributed by atoms with Gasteiger partial charge in [0.05, 0.1) is 20.6 Å². The second kappa shape index (κ2) is 3.96. The second-order valence-corrected chi connectivity index (χ2v) is 4.15. The van der Waals surface area contributed by atoms with Gasteiger partial charge in [0.25, 0.3) is 0 Å². The Hall–Kier alpha value is -1.10. The van der Waals surface area contributed by atoms with Crippen LogP contribution in [0.25, 0.3) is 0 Å². The van der Waals surface area contributed by atoms with Gasteiger partial charge < -0.3 is 14.7 Å². The summed E-state index contributed by atoms with van der Waals surface area (Å²) in [6.45, 7) is 3.87. The van der Waals surface area contributed by atoms with Crippen LogP contribution in [0.3, 0.4) is 0 Å². The molecular weight excluding hydrogens is 186 g/mol. The molecule has 1 atom stereocenters. The molecule has 0 aromatic rings. The van der Waals surface area contributed by atoms with Crippen molar-refractivity contribution in [1.29, 1.82) is 0 Å². The van der Waals surface area contributed by atoms with Crippen molar-refractivity contribution in [2.75, 3.05) is 20.6 Å². The summed E-state index contributed by atoms with van der Waals surface area (Å²) in [7, 11) is 3.44. The number of aliphatic carboxylic acids is 2. The first kappa shape index (κ1) is 12.9. The molecule has 0 fully saturated rings. The van der Waals surface area contributed by atoms with Crippen molar-refractivity contribution in [3.63, 3.8) is 0 Å². The number of hydrogen-bond donors (Lipinski definition) is 2. The quantitative estimate of drug-likeness (QED) is 0.636. The number of quaternary nitrogens is 1. The van der Waals surface area contributed by atoms with Gasteiger partial charge in [-0.3, -0.25) is 4.79 Å². The van der Waals surface area contributed by atoms with Gasteiger partial charge in [0.1, 0.15) is 6.42 Å². The first-order chi connectivity index (χ1) is 6.17. The van der Waals surface area contributed by atoms with E-state index in [1.165, 1.54) is 6.92 Å². The van der Waals surface area contributed by atoms with E-state index in [0.717, 1.165) is 0 Å². The molecule has 5 nitrogen and oxygen atoms in total. The highest BCUT2D eigenvalue weighted by atomic mass is 16.4. The van der Waals surface area contributed by atoms with E-state index >= 15 is 0 Å². The number of carboxylic acid groups (broad SMARTS) is 2. The van der Waals surface area contributed by atoms with Gasteiger partial charge in [0, 0.05) is 6.92 Å². The molecule has 0 amide bonds. The lowest BCUT2D eigenvalue weighted by atomic mass is 9.93. The van der Waals surface area contributed by atoms with Crippen molar-refractivity contribution in [1.82, 2.24) is 0 Å². The zero-order valence-electron chi connectivity index (χ0n) is 9.07. The van der Waals surface area contributed by atoms with Crippen LogP contribution in [-0.4, -0.2) is 52.8 Å². The predicted molar refractivity (Wildman–Crippen MR) is 50.9 cm³/mol. The fraction of sp³-hybridized carbons (Fsp3) is 0.778. The third kappa shape index (κ3) is 2.23. The molecule has 0 rings (SSSR count). The Labute approximate surface area is 83.5 Å². The van der Waals surface area contributed by atoms with Crippen molar-refractivity contribution in [2.45, 2.75) is 25.8 Å². The summed E-state index contributed by atoms with van der Waals surface area (Å²) in [5.41, 5.74) is -1.28. The van der Waals surface area contributed by atoms with Gasteiger partial charge in [0.2, 0.25) is 5.54 Å². The predicted octanol–water partition coefficient (Wildman–Crippen LogP) is 0.401. The molecule has 0 aliphatic carbocycles. The average molecular weight is 204 g/mol. The highest BCUT2D eigenvalue weighted by Crippen LogP contribution is 2.24. The number of carboxylic acids is 2. The third-order valence-electron chi connectivity index (χ3n) is 3.08. The van der Waals surface area contributed by atoms with Crippen molar-refractivity contribution in [3.05, 3.63) is 0 Å². The molecule has 2 N–H and O–H groups in total. The summed E-state index contributed by atoms with van der Waals surface area (Å²) in [4.78, 5) is 21.7. The lowest BCUT2D eigenvalue weighted by molar-refractivity contribution is -0.928. The Balaban J connectivity index is 5.09. The van der Waals surface area contributed by atoms with Crippen LogP contribution in [-0.2, 0) is 9.59 Å². The van der Waals surface area contributed by atoms with E-state index in [1.807, 2.05) is 6.92 Å². The molecule has 5 heteroatoms. The number of hydrogen-bond acceptors (Lipinski definition) is 2. The van der Waals surface area contributed by atoms with E-state index in [0.29, 0.717) is 6.54 Å². The van der Waals surface area contributed by atoms with E-state index in [4.69, 9.17) is 10.2 Å². The molecule has 14 heavy (non-hydrogen) atoms. The lowest BCUT2D eigenvalue weighted by Crippen LogP contribution is -2.63. The monoisotopic (exact) mass is 204 g/mol. The van der Waals surface area contributed by atoms with Crippen LogP contribution in [0.15, 0.2) is 0 Å². The summed E-state index contributed by atoms with van der Waals surface area (Å²) in [6.07, 6.45) is -0.372. The van der Waals surface area contributed by atoms with Crippen molar-refractivity contribution in [3.8, 4) is 0 Å². The summed E-state index contributed by atoms with van der Waals surface area (Å²) in [5.74, 6) is -2.17. The molecule has 0 heterocycles. The Morgan fingerprint density at radius 3 is 1.93 bits per heavy atom. The van der Waals surface area contributed by atoms with Gasteiger partial charge in [-0.25, -0.2) is 4.79 Å². The number of rotatable bonds is 5. The number of nitrogens with zero attached hydrogens (tertiary/aromatic N) is 1. The fourth-order valence-electron chi connectivity index (χ4n) is 1.19. The van der Waals surface area contributed by atoms with Gasteiger partial charge in [-0.2, -0.15) is 0 Å². The van der Waals surface area contributed by atoms with Gasteiger partial charge in [-0.05, 0) is 6.92 Å². The van der Waals surface area contributed by atoms with E-state index in [9.17, 15) is 9.59 Å². The summed E-state index contributed by atoms with van der Waals surface area (Å²) in [5, 5.41) is 17.8. The number of carbonyl (C=O) groups is 2. The molecule has 0 spiro atoms. The van der Waals surface area contributed by atoms with Gasteiger partial charge in [-0.15, -0.1) is 0 Å². The van der Waals surface area contributed by atoms with E-state index in [-0.39, 0.29) is 10.9 Å². The maximum Gasteiger partial charge on any atom is 0.366 e. The highest BCUT2D eigenvalue weighted by molar-refractivity contribution is 5.83. The first-order valence-electron chi connectivity index (χ1n) is 4.45. The minimum Gasteiger partial charge on any atom is -0.481 e. The van der Waals surface area contributed by atoms with E-state index in [1.54, 1.807) is 14.1 Å². The Bertz CT molecular complexity index is 249. The second-order valence-electron chi connectivity index (χ2n) is 4.15. The standard InChI is InChI=1S/C9H17NO4/c1-5-10(3,4)9(2,8(13)14)6-7(11)12/h5-6H2,1-4H3,(H-,11,12,13,14)/p+1. The summed E-state index contributed by atoms with van der Waals surface area (Å²) < 4.78 is 0.147. The van der Waals surface area contributed by atoms with Crippen LogP contribution in [0.1, 0.15) is 20.3 Å². The molecule has 0 radical (unpaired) electrons. The molecule has 1 unspecified atom stereocenters. The SMILES string of the molecule is CC[N+](C)(C)C(C)(CC(=O)O)C(=O)O. The maximum atomic E-state index is 11.1. The molecule has 0 aromatic heterocycles. The summed E-state index contributed by atoms with van der Waals surface area (Å²) >= 11 is 0. The van der Waals surface area contributed by atoms with Crippen molar-refractivity contribution < 1.29 is 24.3 Å². The fourth-order valence-corrected chi connectivity index (χ4v) is 1.19. The topological polar surface area (TPSA) is 74.6 Å². The average Bonchev–Trinajstić information content (AvgIpc) is 2.02. The van der Waals surface area contributed by atoms with E-state index < -0.39 is 17.5 Å². The van der Waals surface area contributed by atoms with Gasteiger partial charge in [0.15, 0.2) is 0 Å². The van der Waals surface area contributed by atoms with Crippen LogP contribution in [0.4, 0.5) is 0 Å². The Kier molecular flexibility index (Phi) is 3.65. The molecule has 0 aliphatic rings. The van der Waals surface area contributed by atoms with Crippen molar-refractivity contribution >= 4 is 11.9 Å². The van der Waals surface area contributed by atoms with Crippen LogP contribution >= 0.6 is 0 Å². The van der Waals surface area contributed by atoms with Crippen LogP contribution < -0.4 is 0 Å². The Morgan fingerprint density at radius 2 is 1.71 bits per heavy atom. The molecule has 0 saturated carbocycles.